The molecule has 0 saturated carbocycles. The van der Waals surface area contributed by atoms with Gasteiger partial charge in [0, 0.05) is 18.7 Å². The van der Waals surface area contributed by atoms with E-state index in [2.05, 4.69) is 41.1 Å². The fraction of sp³-hybridized carbons (Fsp3) is 0.364. The molecule has 13 heavy (non-hydrogen) atoms. The van der Waals surface area contributed by atoms with Gasteiger partial charge in [0.25, 0.3) is 0 Å². The van der Waals surface area contributed by atoms with E-state index >= 15 is 0 Å². The minimum Gasteiger partial charge on any atom is -0.355 e. The number of hydrogen-bond acceptors (Lipinski definition) is 2. The van der Waals surface area contributed by atoms with Crippen LogP contribution in [-0.2, 0) is 0 Å². The molecule has 0 radical (unpaired) electrons. The maximum atomic E-state index is 4.50. The molecule has 68 valence electrons. The summed E-state index contributed by atoms with van der Waals surface area (Å²) < 4.78 is 0. The molecule has 1 aromatic rings. The van der Waals surface area contributed by atoms with Crippen molar-refractivity contribution in [2.75, 3.05) is 19.6 Å². The minimum atomic E-state index is 0.943. The first-order chi connectivity index (χ1) is 6.42. The lowest BCUT2D eigenvalue weighted by Gasteiger charge is -2.17. The number of hydrogen-bond donors (Lipinski definition) is 0. The Morgan fingerprint density at radius 1 is 1.31 bits per heavy atom. The summed E-state index contributed by atoms with van der Waals surface area (Å²) in [6.07, 6.45) is 0. The topological polar surface area (TPSA) is 15.6 Å². The summed E-state index contributed by atoms with van der Waals surface area (Å²) in [4.78, 5) is 6.82. The maximum absolute atomic E-state index is 4.50. The molecule has 0 fully saturated rings. The van der Waals surface area contributed by atoms with Crippen LogP contribution in [0, 0.1) is 0 Å². The fourth-order valence-electron chi connectivity index (χ4n) is 1.65. The van der Waals surface area contributed by atoms with E-state index in [0.29, 0.717) is 0 Å². The summed E-state index contributed by atoms with van der Waals surface area (Å²) in [5, 5.41) is 0. The molecule has 0 amide bonds. The van der Waals surface area contributed by atoms with E-state index in [4.69, 9.17) is 0 Å². The van der Waals surface area contributed by atoms with Gasteiger partial charge in [0.05, 0.1) is 6.54 Å². The fourth-order valence-corrected chi connectivity index (χ4v) is 1.65. The standard InChI is InChI=1S/C11H14N2/c1-2-13-9-8-12-11(13)10-6-4-3-5-7-10/h3-7H,2,8-9H2,1H3. The number of likely N-dealkylation sites (N-methyl/N-ethyl adjacent to an activating group) is 1. The second-order valence-electron chi connectivity index (χ2n) is 3.15. The van der Waals surface area contributed by atoms with E-state index in [-0.39, 0.29) is 0 Å². The molecule has 2 heteroatoms. The van der Waals surface area contributed by atoms with Crippen LogP contribution in [0.15, 0.2) is 35.3 Å². The first-order valence-corrected chi connectivity index (χ1v) is 4.76. The minimum absolute atomic E-state index is 0.943. The Balaban J connectivity index is 2.26. The Morgan fingerprint density at radius 2 is 2.08 bits per heavy atom. The molecule has 0 unspecified atom stereocenters. The van der Waals surface area contributed by atoms with Gasteiger partial charge in [-0.15, -0.1) is 0 Å². The second kappa shape index (κ2) is 3.60. The molecular formula is C11H14N2. The molecule has 2 rings (SSSR count). The van der Waals surface area contributed by atoms with E-state index in [1.54, 1.807) is 0 Å². The molecule has 1 aliphatic heterocycles. The van der Waals surface area contributed by atoms with Crippen molar-refractivity contribution in [3.63, 3.8) is 0 Å². The zero-order chi connectivity index (χ0) is 9.10. The monoisotopic (exact) mass is 174 g/mol. The summed E-state index contributed by atoms with van der Waals surface area (Å²) in [5.74, 6) is 1.16. The lowest BCUT2D eigenvalue weighted by Crippen LogP contribution is -2.27. The van der Waals surface area contributed by atoms with E-state index < -0.39 is 0 Å². The van der Waals surface area contributed by atoms with Crippen LogP contribution in [0.2, 0.25) is 0 Å². The molecule has 0 spiro atoms. The Bertz CT molecular complexity index is 303. The number of nitrogens with zero attached hydrogens (tertiary/aromatic N) is 2. The molecule has 0 bridgehead atoms. The lowest BCUT2D eigenvalue weighted by atomic mass is 10.2. The van der Waals surface area contributed by atoms with Crippen molar-refractivity contribution in [2.24, 2.45) is 4.99 Å². The first-order valence-electron chi connectivity index (χ1n) is 4.76. The maximum Gasteiger partial charge on any atom is 0.131 e. The van der Waals surface area contributed by atoms with E-state index in [1.807, 2.05) is 6.07 Å². The van der Waals surface area contributed by atoms with Crippen molar-refractivity contribution in [3.05, 3.63) is 35.9 Å². The van der Waals surface area contributed by atoms with Gasteiger partial charge in [-0.3, -0.25) is 4.99 Å². The van der Waals surface area contributed by atoms with Gasteiger partial charge in [-0.05, 0) is 6.92 Å². The molecule has 2 nitrogen and oxygen atoms in total. The van der Waals surface area contributed by atoms with Crippen molar-refractivity contribution in [2.45, 2.75) is 6.92 Å². The Kier molecular flexibility index (Phi) is 2.30. The number of amidine groups is 1. The van der Waals surface area contributed by atoms with Crippen LogP contribution < -0.4 is 0 Å². The van der Waals surface area contributed by atoms with Crippen molar-refractivity contribution < 1.29 is 0 Å². The van der Waals surface area contributed by atoms with Gasteiger partial charge in [-0.25, -0.2) is 0 Å². The van der Waals surface area contributed by atoms with Crippen molar-refractivity contribution >= 4 is 5.84 Å². The van der Waals surface area contributed by atoms with Crippen LogP contribution in [0.25, 0.3) is 0 Å². The van der Waals surface area contributed by atoms with Crippen molar-refractivity contribution in [1.29, 1.82) is 0 Å². The van der Waals surface area contributed by atoms with Crippen LogP contribution in [0.3, 0.4) is 0 Å². The Morgan fingerprint density at radius 3 is 2.77 bits per heavy atom. The van der Waals surface area contributed by atoms with Gasteiger partial charge in [-0.1, -0.05) is 30.3 Å². The molecule has 0 aliphatic carbocycles. The zero-order valence-corrected chi connectivity index (χ0v) is 7.90. The van der Waals surface area contributed by atoms with E-state index in [1.165, 1.54) is 5.56 Å². The van der Waals surface area contributed by atoms with Crippen molar-refractivity contribution in [3.8, 4) is 0 Å². The highest BCUT2D eigenvalue weighted by molar-refractivity contribution is 5.99. The van der Waals surface area contributed by atoms with Crippen LogP contribution in [0.1, 0.15) is 12.5 Å². The van der Waals surface area contributed by atoms with Crippen LogP contribution >= 0.6 is 0 Å². The number of benzene rings is 1. The molecule has 1 aliphatic rings. The zero-order valence-electron chi connectivity index (χ0n) is 7.90. The summed E-state index contributed by atoms with van der Waals surface area (Å²) in [7, 11) is 0. The van der Waals surface area contributed by atoms with Crippen LogP contribution in [0.4, 0.5) is 0 Å². The van der Waals surface area contributed by atoms with Crippen LogP contribution in [0.5, 0.6) is 0 Å². The second-order valence-corrected chi connectivity index (χ2v) is 3.15. The van der Waals surface area contributed by atoms with Gasteiger partial charge in [0.15, 0.2) is 0 Å². The van der Waals surface area contributed by atoms with Gasteiger partial charge in [0.2, 0.25) is 0 Å². The van der Waals surface area contributed by atoms with Crippen molar-refractivity contribution in [1.82, 2.24) is 4.90 Å². The van der Waals surface area contributed by atoms with Gasteiger partial charge >= 0.3 is 0 Å². The highest BCUT2D eigenvalue weighted by Crippen LogP contribution is 2.10. The van der Waals surface area contributed by atoms with Crippen LogP contribution in [-0.4, -0.2) is 30.4 Å². The third-order valence-electron chi connectivity index (χ3n) is 2.34. The molecule has 1 heterocycles. The Labute approximate surface area is 78.9 Å². The first kappa shape index (κ1) is 8.30. The molecule has 0 aromatic heterocycles. The highest BCUT2D eigenvalue weighted by Gasteiger charge is 2.15. The predicted octanol–water partition coefficient (Wildman–Crippen LogP) is 1.77. The predicted molar refractivity (Wildman–Crippen MR) is 55.1 cm³/mol. The molecule has 0 atom stereocenters. The summed E-state index contributed by atoms with van der Waals surface area (Å²) >= 11 is 0. The highest BCUT2D eigenvalue weighted by atomic mass is 15.2. The van der Waals surface area contributed by atoms with Gasteiger partial charge in [0.1, 0.15) is 5.84 Å². The lowest BCUT2D eigenvalue weighted by molar-refractivity contribution is 0.484. The molecule has 1 aromatic carbocycles. The SMILES string of the molecule is CCN1CCN=C1c1ccccc1. The summed E-state index contributed by atoms with van der Waals surface area (Å²) in [6.45, 7) is 5.23. The third kappa shape index (κ3) is 1.57. The van der Waals surface area contributed by atoms with Gasteiger partial charge < -0.3 is 4.90 Å². The van der Waals surface area contributed by atoms with E-state index in [0.717, 1.165) is 25.5 Å². The molecule has 0 N–H and O–H groups in total. The number of rotatable bonds is 2. The van der Waals surface area contributed by atoms with E-state index in [9.17, 15) is 0 Å². The smallest absolute Gasteiger partial charge is 0.131 e. The average molecular weight is 174 g/mol. The third-order valence-corrected chi connectivity index (χ3v) is 2.34. The quantitative estimate of drug-likeness (QED) is 0.667. The summed E-state index contributed by atoms with van der Waals surface area (Å²) in [5.41, 5.74) is 1.24. The average Bonchev–Trinajstić information content (AvgIpc) is 2.67. The summed E-state index contributed by atoms with van der Waals surface area (Å²) in [6, 6.07) is 10.4. The Hall–Kier alpha value is -1.31. The normalized spacial score (nSPS) is 16.1. The molecular weight excluding hydrogens is 160 g/mol. The molecule has 0 saturated heterocycles. The largest absolute Gasteiger partial charge is 0.355 e. The number of aliphatic imine (C=N–C) groups is 1. The van der Waals surface area contributed by atoms with Gasteiger partial charge in [-0.2, -0.15) is 0 Å².